The molecule has 28 heavy (non-hydrogen) atoms. The fraction of sp³-hybridized carbons (Fsp3) is 0.391. The first kappa shape index (κ1) is 20.1. The van der Waals surface area contributed by atoms with Crippen LogP contribution in [-0.4, -0.2) is 43.4 Å². The molecule has 148 valence electrons. The molecule has 0 spiro atoms. The van der Waals surface area contributed by atoms with Gasteiger partial charge in [-0.25, -0.2) is 0 Å². The van der Waals surface area contributed by atoms with E-state index in [0.29, 0.717) is 22.7 Å². The van der Waals surface area contributed by atoms with E-state index in [1.54, 1.807) is 18.2 Å². The van der Waals surface area contributed by atoms with Crippen LogP contribution in [0.25, 0.3) is 0 Å². The predicted molar refractivity (Wildman–Crippen MR) is 113 cm³/mol. The van der Waals surface area contributed by atoms with Crippen LogP contribution in [0, 0.1) is 12.8 Å². The first-order chi connectivity index (χ1) is 13.6. The minimum Gasteiger partial charge on any atom is -0.339 e. The summed E-state index contributed by atoms with van der Waals surface area (Å²) in [6.45, 7) is 4.56. The van der Waals surface area contributed by atoms with Gasteiger partial charge in [0.15, 0.2) is 0 Å². The van der Waals surface area contributed by atoms with Crippen molar-refractivity contribution in [1.29, 1.82) is 0 Å². The zero-order chi connectivity index (χ0) is 19.9. The number of benzene rings is 2. The molecule has 0 radical (unpaired) electrons. The van der Waals surface area contributed by atoms with E-state index in [9.17, 15) is 9.59 Å². The normalized spacial score (nSPS) is 14.7. The van der Waals surface area contributed by atoms with E-state index in [1.807, 2.05) is 49.2 Å². The summed E-state index contributed by atoms with van der Waals surface area (Å²) < 4.78 is 0. The molecule has 1 saturated heterocycles. The van der Waals surface area contributed by atoms with E-state index < -0.39 is 0 Å². The van der Waals surface area contributed by atoms with Gasteiger partial charge in [-0.3, -0.25) is 9.59 Å². The second-order valence-corrected chi connectivity index (χ2v) is 7.48. The van der Waals surface area contributed by atoms with Gasteiger partial charge in [0.05, 0.1) is 0 Å². The van der Waals surface area contributed by atoms with Crippen molar-refractivity contribution in [2.45, 2.75) is 26.2 Å². The zero-order valence-corrected chi connectivity index (χ0v) is 16.7. The largest absolute Gasteiger partial charge is 0.339 e. The van der Waals surface area contributed by atoms with Gasteiger partial charge < -0.3 is 15.5 Å². The Balaban J connectivity index is 1.66. The topological polar surface area (TPSA) is 61.4 Å². The van der Waals surface area contributed by atoms with E-state index in [2.05, 4.69) is 10.6 Å². The molecule has 0 unspecified atom stereocenters. The van der Waals surface area contributed by atoms with Gasteiger partial charge >= 0.3 is 0 Å². The summed E-state index contributed by atoms with van der Waals surface area (Å²) in [5.74, 6) is 0.566. The molecule has 0 atom stereocenters. The summed E-state index contributed by atoms with van der Waals surface area (Å²) >= 11 is 0. The smallest absolute Gasteiger partial charge is 0.255 e. The first-order valence-electron chi connectivity index (χ1n) is 9.99. The van der Waals surface area contributed by atoms with Crippen LogP contribution >= 0.6 is 0 Å². The molecular formula is C23H29N3O2. The summed E-state index contributed by atoms with van der Waals surface area (Å²) in [5.41, 5.74) is 2.85. The molecule has 1 fully saturated rings. The SMILES string of the molecule is CNCCC1CCN(C(=O)c2ccc(C)c(NC(=O)c3ccccc3)c2)CC1. The maximum atomic E-state index is 12.9. The number of hydrogen-bond acceptors (Lipinski definition) is 3. The lowest BCUT2D eigenvalue weighted by molar-refractivity contribution is 0.0687. The predicted octanol–water partition coefficient (Wildman–Crippen LogP) is 3.71. The zero-order valence-electron chi connectivity index (χ0n) is 16.7. The Morgan fingerprint density at radius 1 is 1.04 bits per heavy atom. The average molecular weight is 380 g/mol. The van der Waals surface area contributed by atoms with Crippen LogP contribution in [0.1, 0.15) is 45.5 Å². The quantitative estimate of drug-likeness (QED) is 0.804. The number of nitrogens with one attached hydrogen (secondary N) is 2. The number of rotatable bonds is 6. The van der Waals surface area contributed by atoms with Crippen molar-refractivity contribution in [2.24, 2.45) is 5.92 Å². The van der Waals surface area contributed by atoms with Crippen molar-refractivity contribution in [3.05, 3.63) is 65.2 Å². The number of carbonyl (C=O) groups is 2. The van der Waals surface area contributed by atoms with Crippen LogP contribution in [0.3, 0.4) is 0 Å². The third-order valence-electron chi connectivity index (χ3n) is 5.47. The summed E-state index contributed by atoms with van der Waals surface area (Å²) in [7, 11) is 1.98. The van der Waals surface area contributed by atoms with Crippen LogP contribution in [-0.2, 0) is 0 Å². The van der Waals surface area contributed by atoms with Crippen molar-refractivity contribution >= 4 is 17.5 Å². The summed E-state index contributed by atoms with van der Waals surface area (Å²) in [4.78, 5) is 27.3. The van der Waals surface area contributed by atoms with E-state index in [-0.39, 0.29) is 11.8 Å². The summed E-state index contributed by atoms with van der Waals surface area (Å²) in [6, 6.07) is 14.6. The number of aryl methyl sites for hydroxylation is 1. The molecule has 2 aromatic rings. The van der Waals surface area contributed by atoms with Gasteiger partial charge in [-0.1, -0.05) is 24.3 Å². The Morgan fingerprint density at radius 3 is 2.43 bits per heavy atom. The third-order valence-corrected chi connectivity index (χ3v) is 5.47. The Labute approximate surface area is 167 Å². The molecule has 0 saturated carbocycles. The van der Waals surface area contributed by atoms with Gasteiger partial charge in [0, 0.05) is 29.9 Å². The van der Waals surface area contributed by atoms with Gasteiger partial charge in [0.2, 0.25) is 0 Å². The van der Waals surface area contributed by atoms with Crippen LogP contribution < -0.4 is 10.6 Å². The molecule has 5 nitrogen and oxygen atoms in total. The molecule has 5 heteroatoms. The Hall–Kier alpha value is -2.66. The second kappa shape index (κ2) is 9.51. The van der Waals surface area contributed by atoms with Gasteiger partial charge in [-0.2, -0.15) is 0 Å². The third kappa shape index (κ3) is 4.98. The molecule has 2 amide bonds. The average Bonchev–Trinajstić information content (AvgIpc) is 2.74. The van der Waals surface area contributed by atoms with E-state index >= 15 is 0 Å². The fourth-order valence-electron chi connectivity index (χ4n) is 3.63. The molecular weight excluding hydrogens is 350 g/mol. The number of hydrogen-bond donors (Lipinski definition) is 2. The van der Waals surface area contributed by atoms with Crippen LogP contribution in [0.2, 0.25) is 0 Å². The second-order valence-electron chi connectivity index (χ2n) is 7.48. The van der Waals surface area contributed by atoms with E-state index in [0.717, 1.165) is 38.0 Å². The highest BCUT2D eigenvalue weighted by molar-refractivity contribution is 6.05. The van der Waals surface area contributed by atoms with Crippen LogP contribution in [0.15, 0.2) is 48.5 Å². The highest BCUT2D eigenvalue weighted by Gasteiger charge is 2.23. The number of nitrogens with zero attached hydrogens (tertiary/aromatic N) is 1. The molecule has 1 aliphatic rings. The van der Waals surface area contributed by atoms with Gasteiger partial charge in [0.25, 0.3) is 11.8 Å². The maximum Gasteiger partial charge on any atom is 0.255 e. The number of piperidine rings is 1. The van der Waals surface area contributed by atoms with Gasteiger partial charge in [-0.15, -0.1) is 0 Å². The monoisotopic (exact) mass is 379 g/mol. The van der Waals surface area contributed by atoms with Crippen molar-refractivity contribution in [3.63, 3.8) is 0 Å². The molecule has 0 bridgehead atoms. The highest BCUT2D eigenvalue weighted by atomic mass is 16.2. The van der Waals surface area contributed by atoms with Gasteiger partial charge in [-0.05, 0) is 75.5 Å². The molecule has 0 aromatic heterocycles. The van der Waals surface area contributed by atoms with E-state index in [4.69, 9.17) is 0 Å². The minimum atomic E-state index is -0.168. The lowest BCUT2D eigenvalue weighted by atomic mass is 9.93. The van der Waals surface area contributed by atoms with Crippen molar-refractivity contribution < 1.29 is 9.59 Å². The molecule has 0 aliphatic carbocycles. The number of anilines is 1. The number of carbonyl (C=O) groups excluding carboxylic acids is 2. The minimum absolute atomic E-state index is 0.0438. The number of amides is 2. The van der Waals surface area contributed by atoms with Gasteiger partial charge in [0.1, 0.15) is 0 Å². The number of likely N-dealkylation sites (tertiary alicyclic amines) is 1. The van der Waals surface area contributed by atoms with Crippen molar-refractivity contribution in [3.8, 4) is 0 Å². The fourth-order valence-corrected chi connectivity index (χ4v) is 3.63. The Bertz CT molecular complexity index is 812. The molecule has 1 heterocycles. The Kier molecular flexibility index (Phi) is 6.82. The molecule has 3 rings (SSSR count). The summed E-state index contributed by atoms with van der Waals surface area (Å²) in [6.07, 6.45) is 3.27. The standard InChI is InChI=1S/C23H29N3O2/c1-17-8-9-20(16-21(17)25-22(27)19-6-4-3-5-7-19)23(28)26-14-11-18(12-15-26)10-13-24-2/h3-9,16,18,24H,10-15H2,1-2H3,(H,25,27). The molecule has 2 N–H and O–H groups in total. The van der Waals surface area contributed by atoms with Crippen molar-refractivity contribution in [1.82, 2.24) is 10.2 Å². The summed E-state index contributed by atoms with van der Waals surface area (Å²) in [5, 5.41) is 6.14. The van der Waals surface area contributed by atoms with Crippen LogP contribution in [0.4, 0.5) is 5.69 Å². The molecule has 2 aromatic carbocycles. The van der Waals surface area contributed by atoms with Crippen LogP contribution in [0.5, 0.6) is 0 Å². The lowest BCUT2D eigenvalue weighted by Gasteiger charge is -2.32. The Morgan fingerprint density at radius 2 is 1.75 bits per heavy atom. The molecule has 1 aliphatic heterocycles. The van der Waals surface area contributed by atoms with E-state index in [1.165, 1.54) is 6.42 Å². The lowest BCUT2D eigenvalue weighted by Crippen LogP contribution is -2.39. The maximum absolute atomic E-state index is 12.9. The highest BCUT2D eigenvalue weighted by Crippen LogP contribution is 2.24. The first-order valence-corrected chi connectivity index (χ1v) is 9.99. The van der Waals surface area contributed by atoms with Crippen molar-refractivity contribution in [2.75, 3.05) is 32.0 Å².